The largest absolute Gasteiger partial charge is 0.463 e. The first-order valence-corrected chi connectivity index (χ1v) is 12.4. The third kappa shape index (κ3) is 3.88. The lowest BCUT2D eigenvalue weighted by atomic mass is 9.40. The highest BCUT2D eigenvalue weighted by Crippen LogP contribution is 2.73. The summed E-state index contributed by atoms with van der Waals surface area (Å²) in [7, 11) is 0. The van der Waals surface area contributed by atoms with Crippen LogP contribution in [-0.4, -0.2) is 47.4 Å². The number of hydrogen-bond donors (Lipinski definition) is 1. The van der Waals surface area contributed by atoms with Crippen LogP contribution in [-0.2, 0) is 28.6 Å². The molecule has 0 saturated heterocycles. The van der Waals surface area contributed by atoms with Gasteiger partial charge in [-0.3, -0.25) is 14.4 Å². The molecule has 4 saturated carbocycles. The van der Waals surface area contributed by atoms with Crippen LogP contribution in [0, 0.1) is 34.0 Å². The molecular weight excluding hydrogens is 424 g/mol. The highest BCUT2D eigenvalue weighted by Gasteiger charge is 2.74. The quantitative estimate of drug-likeness (QED) is 0.499. The Kier molecular flexibility index (Phi) is 5.91. The molecule has 4 aliphatic carbocycles. The molecule has 0 aromatic rings. The number of fused-ring (bicyclic) bond motifs is 3. The van der Waals surface area contributed by atoms with Crippen molar-refractivity contribution < 1.29 is 33.7 Å². The first-order chi connectivity index (χ1) is 15.2. The van der Waals surface area contributed by atoms with Gasteiger partial charge in [0.2, 0.25) is 0 Å². The van der Waals surface area contributed by atoms with E-state index in [1.54, 1.807) is 0 Å². The summed E-state index contributed by atoms with van der Waals surface area (Å²) in [6.07, 6.45) is 4.80. The van der Waals surface area contributed by atoms with Crippen LogP contribution in [0.2, 0.25) is 0 Å². The van der Waals surface area contributed by atoms with Gasteiger partial charge in [-0.05, 0) is 61.2 Å². The molecule has 7 nitrogen and oxygen atoms in total. The fourth-order valence-corrected chi connectivity index (χ4v) is 8.95. The summed E-state index contributed by atoms with van der Waals surface area (Å²) < 4.78 is 17.3. The molecule has 0 aromatic carbocycles. The summed E-state index contributed by atoms with van der Waals surface area (Å²) in [5.74, 6) is -1.03. The molecule has 33 heavy (non-hydrogen) atoms. The SMILES string of the molecule is CC(=O)OC[C@@]1(O)C[C@]23C[C@H]1C[C@H](OC(C)=O)[C@H]2[C@]1(C)CCCC(C)(C)[C@H]1C[C@@H]3OC(C)=O. The van der Waals surface area contributed by atoms with Gasteiger partial charge in [-0.1, -0.05) is 27.2 Å². The molecule has 4 rings (SSSR count). The second-order valence-electron chi connectivity index (χ2n) is 12.3. The molecule has 0 aliphatic heterocycles. The number of carbonyl (C=O) groups is 3. The Balaban J connectivity index is 1.84. The molecule has 8 atom stereocenters. The van der Waals surface area contributed by atoms with Crippen LogP contribution < -0.4 is 0 Å². The van der Waals surface area contributed by atoms with Crippen LogP contribution in [0.4, 0.5) is 0 Å². The highest BCUT2D eigenvalue weighted by molar-refractivity contribution is 5.67. The van der Waals surface area contributed by atoms with E-state index in [2.05, 4.69) is 20.8 Å². The lowest BCUT2D eigenvalue weighted by Crippen LogP contribution is -2.65. The maximum atomic E-state index is 12.3. The van der Waals surface area contributed by atoms with E-state index in [0.717, 1.165) is 25.7 Å². The average molecular weight is 465 g/mol. The van der Waals surface area contributed by atoms with Gasteiger partial charge >= 0.3 is 17.9 Å². The third-order valence-electron chi connectivity index (χ3n) is 9.76. The summed E-state index contributed by atoms with van der Waals surface area (Å²) in [6.45, 7) is 11.1. The number of hydrogen-bond acceptors (Lipinski definition) is 7. The minimum absolute atomic E-state index is 0.0424. The van der Waals surface area contributed by atoms with Crippen molar-refractivity contribution in [3.63, 3.8) is 0 Å². The number of esters is 3. The van der Waals surface area contributed by atoms with Gasteiger partial charge in [-0.25, -0.2) is 0 Å². The lowest BCUT2D eigenvalue weighted by molar-refractivity contribution is -0.240. The highest BCUT2D eigenvalue weighted by atomic mass is 16.6. The van der Waals surface area contributed by atoms with E-state index in [4.69, 9.17) is 14.2 Å². The second-order valence-corrected chi connectivity index (χ2v) is 12.3. The Labute approximate surface area is 196 Å². The Bertz CT molecular complexity index is 836. The molecule has 186 valence electrons. The van der Waals surface area contributed by atoms with Gasteiger partial charge in [0.15, 0.2) is 0 Å². The van der Waals surface area contributed by atoms with Gasteiger partial charge in [-0.15, -0.1) is 0 Å². The van der Waals surface area contributed by atoms with E-state index in [0.29, 0.717) is 25.2 Å². The minimum atomic E-state index is -1.23. The monoisotopic (exact) mass is 464 g/mol. The van der Waals surface area contributed by atoms with Gasteiger partial charge in [0.05, 0.1) is 0 Å². The summed E-state index contributed by atoms with van der Waals surface area (Å²) in [6, 6.07) is 0. The maximum absolute atomic E-state index is 12.3. The van der Waals surface area contributed by atoms with Crippen LogP contribution in [0.25, 0.3) is 0 Å². The van der Waals surface area contributed by atoms with Crippen LogP contribution >= 0.6 is 0 Å². The van der Waals surface area contributed by atoms with Gasteiger partial charge in [0.25, 0.3) is 0 Å². The lowest BCUT2D eigenvalue weighted by Gasteiger charge is -2.66. The molecular formula is C26H40O7. The molecule has 1 N–H and O–H groups in total. The van der Waals surface area contributed by atoms with Crippen molar-refractivity contribution >= 4 is 17.9 Å². The van der Waals surface area contributed by atoms with Gasteiger partial charge < -0.3 is 19.3 Å². The predicted octanol–water partition coefficient (Wildman–Crippen LogP) is 3.80. The third-order valence-corrected chi connectivity index (χ3v) is 9.76. The average Bonchev–Trinajstić information content (AvgIpc) is 2.88. The zero-order valence-electron chi connectivity index (χ0n) is 20.9. The summed E-state index contributed by atoms with van der Waals surface area (Å²) >= 11 is 0. The number of aliphatic hydroxyl groups is 1. The molecule has 0 unspecified atom stereocenters. The standard InChI is InChI=1S/C26H40O7/c1-15(27)31-14-26(30)13-25-12-18(26)10-19(32-16(2)28)22(25)24(6)9-7-8-23(4,5)20(24)11-21(25)33-17(3)29/h18-22,30H,7-14H2,1-6H3/t18-,19+,20-,21+,22+,24-,25+,26+/m1/s1. The fourth-order valence-electron chi connectivity index (χ4n) is 8.95. The second kappa shape index (κ2) is 7.96. The number of rotatable bonds is 4. The van der Waals surface area contributed by atoms with Crippen molar-refractivity contribution in [1.82, 2.24) is 0 Å². The Morgan fingerprint density at radius 1 is 0.939 bits per heavy atom. The molecule has 4 aliphatic rings. The zero-order valence-corrected chi connectivity index (χ0v) is 20.9. The summed E-state index contributed by atoms with van der Waals surface area (Å²) in [4.78, 5) is 36.0. The molecule has 7 heteroatoms. The van der Waals surface area contributed by atoms with E-state index in [9.17, 15) is 19.5 Å². The normalized spacial score (nSPS) is 45.4. The number of ether oxygens (including phenoxy) is 3. The van der Waals surface area contributed by atoms with Crippen molar-refractivity contribution in [3.8, 4) is 0 Å². The smallest absolute Gasteiger partial charge is 0.302 e. The van der Waals surface area contributed by atoms with Crippen LogP contribution in [0.15, 0.2) is 0 Å². The van der Waals surface area contributed by atoms with Gasteiger partial charge in [0, 0.05) is 32.1 Å². The molecule has 0 aromatic heterocycles. The maximum Gasteiger partial charge on any atom is 0.302 e. The van der Waals surface area contributed by atoms with Gasteiger partial charge in [0.1, 0.15) is 24.4 Å². The van der Waals surface area contributed by atoms with Crippen molar-refractivity contribution in [2.24, 2.45) is 34.0 Å². The Morgan fingerprint density at radius 2 is 1.61 bits per heavy atom. The van der Waals surface area contributed by atoms with Crippen molar-refractivity contribution in [1.29, 1.82) is 0 Å². The topological polar surface area (TPSA) is 99.1 Å². The summed E-state index contributed by atoms with van der Waals surface area (Å²) in [5, 5.41) is 11.8. The van der Waals surface area contributed by atoms with Crippen molar-refractivity contribution in [2.75, 3.05) is 6.61 Å². The predicted molar refractivity (Wildman–Crippen MR) is 120 cm³/mol. The Hall–Kier alpha value is -1.63. The number of carbonyl (C=O) groups excluding carboxylic acids is 3. The first-order valence-electron chi connectivity index (χ1n) is 12.4. The zero-order chi connectivity index (χ0) is 24.4. The van der Waals surface area contributed by atoms with E-state index in [1.165, 1.54) is 20.8 Å². The van der Waals surface area contributed by atoms with Crippen molar-refractivity contribution in [2.45, 2.75) is 104 Å². The first kappa shape index (κ1) is 24.5. The van der Waals surface area contributed by atoms with E-state index in [-0.39, 0.29) is 53.4 Å². The minimum Gasteiger partial charge on any atom is -0.463 e. The molecule has 4 fully saturated rings. The van der Waals surface area contributed by atoms with E-state index >= 15 is 0 Å². The van der Waals surface area contributed by atoms with Crippen LogP contribution in [0.1, 0.15) is 86.5 Å². The van der Waals surface area contributed by atoms with Crippen molar-refractivity contribution in [3.05, 3.63) is 0 Å². The van der Waals surface area contributed by atoms with Crippen LogP contribution in [0.3, 0.4) is 0 Å². The molecule has 0 amide bonds. The molecule has 0 heterocycles. The van der Waals surface area contributed by atoms with E-state index < -0.39 is 17.0 Å². The molecule has 0 radical (unpaired) electrons. The molecule has 1 spiro atoms. The molecule has 2 bridgehead atoms. The van der Waals surface area contributed by atoms with E-state index in [1.807, 2.05) is 0 Å². The Morgan fingerprint density at radius 3 is 2.21 bits per heavy atom. The van der Waals surface area contributed by atoms with Crippen LogP contribution in [0.5, 0.6) is 0 Å². The summed E-state index contributed by atoms with van der Waals surface area (Å²) in [5.41, 5.74) is -1.81. The fraction of sp³-hybridized carbons (Fsp3) is 0.885. The van der Waals surface area contributed by atoms with Gasteiger partial charge in [-0.2, -0.15) is 0 Å².